The quantitative estimate of drug-likeness (QED) is 0.335. The average Bonchev–Trinajstić information content (AvgIpc) is 3.35. The number of nitrogens with one attached hydrogen (secondary N) is 1. The van der Waals surface area contributed by atoms with Gasteiger partial charge in [0.15, 0.2) is 17.8 Å². The number of rotatable bonds is 7. The summed E-state index contributed by atoms with van der Waals surface area (Å²) in [5, 5.41) is 0.799. The Morgan fingerprint density at radius 3 is 2.71 bits per heavy atom. The molecule has 1 unspecified atom stereocenters. The van der Waals surface area contributed by atoms with Crippen LogP contribution < -0.4 is 0 Å². The van der Waals surface area contributed by atoms with Crippen LogP contribution in [0.4, 0.5) is 4.39 Å². The van der Waals surface area contributed by atoms with Crippen molar-refractivity contribution in [1.29, 1.82) is 0 Å². The van der Waals surface area contributed by atoms with Gasteiger partial charge in [0.1, 0.15) is 5.82 Å². The molecule has 0 aliphatic heterocycles. The van der Waals surface area contributed by atoms with Gasteiger partial charge in [-0.1, -0.05) is 30.3 Å². The van der Waals surface area contributed by atoms with Crippen LogP contribution in [0, 0.1) is 12.7 Å². The Morgan fingerprint density at radius 1 is 1.16 bits per heavy atom. The lowest BCUT2D eigenvalue weighted by Crippen LogP contribution is -2.25. The number of para-hydroxylation sites is 1. The maximum Gasteiger partial charge on any atom is 0.307 e. The van der Waals surface area contributed by atoms with Gasteiger partial charge in [-0.15, -0.1) is 0 Å². The van der Waals surface area contributed by atoms with E-state index in [-0.39, 0.29) is 18.6 Å². The molecular formula is C24H21FN2O4. The van der Waals surface area contributed by atoms with E-state index in [4.69, 9.17) is 9.15 Å². The van der Waals surface area contributed by atoms with Crippen LogP contribution in [-0.4, -0.2) is 27.8 Å². The van der Waals surface area contributed by atoms with Gasteiger partial charge in [-0.2, -0.15) is 0 Å². The molecule has 1 atom stereocenters. The molecule has 0 saturated heterocycles. The number of oxazole rings is 1. The Hall–Kier alpha value is -3.74. The number of carbonyl (C=O) groups is 2. The van der Waals surface area contributed by atoms with Gasteiger partial charge in [0.2, 0.25) is 5.78 Å². The SMILES string of the molecule is Cc1[nH]c2ccccc2c1C(=O)C(C)OC(=O)CCc1ncc(-c2ccccc2F)o1. The summed E-state index contributed by atoms with van der Waals surface area (Å²) in [5.41, 5.74) is 2.42. The predicted molar refractivity (Wildman–Crippen MR) is 113 cm³/mol. The van der Waals surface area contributed by atoms with E-state index in [2.05, 4.69) is 9.97 Å². The van der Waals surface area contributed by atoms with Gasteiger partial charge < -0.3 is 14.1 Å². The zero-order chi connectivity index (χ0) is 22.0. The number of Topliss-reactive ketones (excluding diaryl/α,β-unsaturated/α-hetero) is 1. The van der Waals surface area contributed by atoms with Crippen LogP contribution in [0.5, 0.6) is 0 Å². The van der Waals surface area contributed by atoms with Gasteiger partial charge in [0.25, 0.3) is 0 Å². The van der Waals surface area contributed by atoms with Crippen LogP contribution in [0.3, 0.4) is 0 Å². The molecule has 0 radical (unpaired) electrons. The van der Waals surface area contributed by atoms with E-state index in [1.54, 1.807) is 25.1 Å². The summed E-state index contributed by atoms with van der Waals surface area (Å²) in [4.78, 5) is 32.4. The molecule has 0 aliphatic rings. The summed E-state index contributed by atoms with van der Waals surface area (Å²) in [6, 6.07) is 13.7. The maximum atomic E-state index is 13.9. The Labute approximate surface area is 178 Å². The van der Waals surface area contributed by atoms with Gasteiger partial charge >= 0.3 is 5.97 Å². The maximum absolute atomic E-state index is 13.9. The van der Waals surface area contributed by atoms with Crippen LogP contribution in [0.15, 0.2) is 59.1 Å². The highest BCUT2D eigenvalue weighted by atomic mass is 19.1. The van der Waals surface area contributed by atoms with Crippen molar-refractivity contribution < 1.29 is 23.1 Å². The Balaban J connectivity index is 1.37. The third-order valence-corrected chi connectivity index (χ3v) is 5.05. The van der Waals surface area contributed by atoms with E-state index < -0.39 is 17.9 Å². The fourth-order valence-electron chi connectivity index (χ4n) is 3.53. The van der Waals surface area contributed by atoms with Crippen molar-refractivity contribution in [2.24, 2.45) is 0 Å². The molecule has 0 fully saturated rings. The third kappa shape index (κ3) is 4.26. The number of ketones is 1. The molecule has 4 rings (SSSR count). The Bertz CT molecular complexity index is 1260. The largest absolute Gasteiger partial charge is 0.454 e. The first-order chi connectivity index (χ1) is 14.9. The van der Waals surface area contributed by atoms with Crippen LogP contribution in [-0.2, 0) is 16.0 Å². The molecule has 6 nitrogen and oxygen atoms in total. The second-order valence-corrected chi connectivity index (χ2v) is 7.27. The topological polar surface area (TPSA) is 85.2 Å². The van der Waals surface area contributed by atoms with Crippen molar-refractivity contribution in [3.63, 3.8) is 0 Å². The zero-order valence-corrected chi connectivity index (χ0v) is 17.1. The molecular weight excluding hydrogens is 399 g/mol. The first-order valence-corrected chi connectivity index (χ1v) is 9.94. The number of hydrogen-bond donors (Lipinski definition) is 1. The van der Waals surface area contributed by atoms with Crippen LogP contribution in [0.1, 0.15) is 35.3 Å². The number of H-pyrrole nitrogens is 1. The number of hydrogen-bond acceptors (Lipinski definition) is 5. The summed E-state index contributed by atoms with van der Waals surface area (Å²) < 4.78 is 24.8. The van der Waals surface area contributed by atoms with Crippen LogP contribution in [0.2, 0.25) is 0 Å². The van der Waals surface area contributed by atoms with Gasteiger partial charge in [-0.25, -0.2) is 9.37 Å². The number of benzene rings is 2. The smallest absolute Gasteiger partial charge is 0.307 e. The monoisotopic (exact) mass is 420 g/mol. The van der Waals surface area contributed by atoms with E-state index in [1.807, 2.05) is 31.2 Å². The lowest BCUT2D eigenvalue weighted by molar-refractivity contribution is -0.146. The normalized spacial score (nSPS) is 12.1. The summed E-state index contributed by atoms with van der Waals surface area (Å²) in [7, 11) is 0. The summed E-state index contributed by atoms with van der Waals surface area (Å²) in [5.74, 6) is -0.628. The van der Waals surface area contributed by atoms with E-state index >= 15 is 0 Å². The van der Waals surface area contributed by atoms with Crippen molar-refractivity contribution >= 4 is 22.7 Å². The molecule has 0 amide bonds. The molecule has 1 N–H and O–H groups in total. The molecule has 0 bridgehead atoms. The summed E-state index contributed by atoms with van der Waals surface area (Å²) in [6.45, 7) is 3.38. The molecule has 4 aromatic rings. The number of aryl methyl sites for hydroxylation is 2. The number of carbonyl (C=O) groups excluding carboxylic acids is 2. The highest BCUT2D eigenvalue weighted by molar-refractivity contribution is 6.11. The Kier molecular flexibility index (Phi) is 5.66. The standard InChI is InChI=1S/C24H21FN2O4/c1-14-23(17-8-4-6-10-19(17)27-14)24(29)15(2)30-22(28)12-11-21-26-13-20(31-21)16-7-3-5-9-18(16)25/h3-10,13,15,27H,11-12H2,1-2H3. The first-order valence-electron chi connectivity index (χ1n) is 9.94. The lowest BCUT2D eigenvalue weighted by Gasteiger charge is -2.12. The van der Waals surface area contributed by atoms with Crippen LogP contribution >= 0.6 is 0 Å². The number of aromatic amines is 1. The fourth-order valence-corrected chi connectivity index (χ4v) is 3.53. The fraction of sp³-hybridized carbons (Fsp3) is 0.208. The van der Waals surface area contributed by atoms with E-state index in [0.29, 0.717) is 22.8 Å². The molecule has 0 saturated carbocycles. The molecule has 0 aliphatic carbocycles. The first kappa shape index (κ1) is 20.5. The number of aromatic nitrogens is 2. The second kappa shape index (κ2) is 8.55. The van der Waals surface area contributed by atoms with E-state index in [0.717, 1.165) is 16.6 Å². The number of ether oxygens (including phenoxy) is 1. The van der Waals surface area contributed by atoms with E-state index in [9.17, 15) is 14.0 Å². The van der Waals surface area contributed by atoms with Crippen molar-refractivity contribution in [3.8, 4) is 11.3 Å². The molecule has 2 aromatic carbocycles. The van der Waals surface area contributed by atoms with Crippen molar-refractivity contribution in [1.82, 2.24) is 9.97 Å². The second-order valence-electron chi connectivity index (χ2n) is 7.27. The van der Waals surface area contributed by atoms with E-state index in [1.165, 1.54) is 12.3 Å². The molecule has 31 heavy (non-hydrogen) atoms. The zero-order valence-electron chi connectivity index (χ0n) is 17.1. The van der Waals surface area contributed by atoms with Crippen molar-refractivity contribution in [2.45, 2.75) is 32.8 Å². The lowest BCUT2D eigenvalue weighted by atomic mass is 10.0. The number of halogens is 1. The summed E-state index contributed by atoms with van der Waals surface area (Å²) in [6.07, 6.45) is 0.663. The molecule has 7 heteroatoms. The minimum Gasteiger partial charge on any atom is -0.454 e. The Morgan fingerprint density at radius 2 is 1.90 bits per heavy atom. The predicted octanol–water partition coefficient (Wildman–Crippen LogP) is 5.02. The average molecular weight is 420 g/mol. The summed E-state index contributed by atoms with van der Waals surface area (Å²) >= 11 is 0. The van der Waals surface area contributed by atoms with Gasteiger partial charge in [0, 0.05) is 28.6 Å². The number of nitrogens with zero attached hydrogens (tertiary/aromatic N) is 1. The molecule has 158 valence electrons. The minimum absolute atomic E-state index is 0.0122. The van der Waals surface area contributed by atoms with Crippen LogP contribution in [0.25, 0.3) is 22.2 Å². The highest BCUT2D eigenvalue weighted by Crippen LogP contribution is 2.25. The number of esters is 1. The third-order valence-electron chi connectivity index (χ3n) is 5.05. The molecule has 2 aromatic heterocycles. The molecule has 0 spiro atoms. The van der Waals surface area contributed by atoms with Gasteiger partial charge in [-0.3, -0.25) is 9.59 Å². The number of fused-ring (bicyclic) bond motifs is 1. The van der Waals surface area contributed by atoms with Crippen molar-refractivity contribution in [3.05, 3.63) is 77.7 Å². The van der Waals surface area contributed by atoms with Crippen molar-refractivity contribution in [2.75, 3.05) is 0 Å². The van der Waals surface area contributed by atoms with Gasteiger partial charge in [-0.05, 0) is 32.0 Å². The van der Waals surface area contributed by atoms with Gasteiger partial charge in [0.05, 0.1) is 18.2 Å². The minimum atomic E-state index is -0.927. The molecule has 2 heterocycles. The highest BCUT2D eigenvalue weighted by Gasteiger charge is 2.24.